The molecule has 29 heavy (non-hydrogen) atoms. The number of alkyl halides is 1. The van der Waals surface area contributed by atoms with Gasteiger partial charge in [0.05, 0.1) is 12.5 Å². The van der Waals surface area contributed by atoms with Crippen LogP contribution in [0.2, 0.25) is 0 Å². The summed E-state index contributed by atoms with van der Waals surface area (Å²) in [6.07, 6.45) is -1.57. The van der Waals surface area contributed by atoms with E-state index in [1.165, 1.54) is 0 Å². The molecule has 2 atom stereocenters. The van der Waals surface area contributed by atoms with E-state index in [9.17, 15) is 10.2 Å². The van der Waals surface area contributed by atoms with Gasteiger partial charge in [-0.05, 0) is 48.2 Å². The van der Waals surface area contributed by atoms with Crippen LogP contribution in [-0.2, 0) is 5.41 Å². The normalized spacial score (nSPS) is 13.8. The van der Waals surface area contributed by atoms with Crippen LogP contribution in [0.3, 0.4) is 0 Å². The van der Waals surface area contributed by atoms with Crippen molar-refractivity contribution in [3.63, 3.8) is 0 Å². The van der Waals surface area contributed by atoms with Gasteiger partial charge in [0.25, 0.3) is 0 Å². The quantitative estimate of drug-likeness (QED) is 0.512. The highest BCUT2D eigenvalue weighted by Gasteiger charge is 2.24. The van der Waals surface area contributed by atoms with Crippen LogP contribution >= 0.6 is 11.6 Å². The van der Waals surface area contributed by atoms with Crippen LogP contribution in [0.15, 0.2) is 36.4 Å². The van der Waals surface area contributed by atoms with Crippen LogP contribution in [0.4, 0.5) is 0 Å². The molecule has 5 nitrogen and oxygen atoms in total. The first-order chi connectivity index (χ1) is 13.7. The van der Waals surface area contributed by atoms with E-state index in [1.807, 2.05) is 38.1 Å². The summed E-state index contributed by atoms with van der Waals surface area (Å²) in [5, 5.41) is 28.0. The molecule has 0 aliphatic rings. The molecule has 0 amide bonds. The third-order valence-corrected chi connectivity index (χ3v) is 5.40. The van der Waals surface area contributed by atoms with E-state index >= 15 is 0 Å². The Morgan fingerprint density at radius 1 is 0.862 bits per heavy atom. The van der Waals surface area contributed by atoms with Gasteiger partial charge in [-0.2, -0.15) is 0 Å². The minimum Gasteiger partial charge on any atom is -0.491 e. The fourth-order valence-corrected chi connectivity index (χ4v) is 3.13. The van der Waals surface area contributed by atoms with Gasteiger partial charge in [-0.15, -0.1) is 11.6 Å². The maximum atomic E-state index is 9.58. The largest absolute Gasteiger partial charge is 0.491 e. The smallest absolute Gasteiger partial charge is 0.122 e. The summed E-state index contributed by atoms with van der Waals surface area (Å²) in [6.45, 7) is 8.15. The van der Waals surface area contributed by atoms with Crippen LogP contribution in [-0.4, -0.2) is 53.2 Å². The molecule has 160 valence electrons. The van der Waals surface area contributed by atoms with Crippen molar-refractivity contribution in [3.05, 3.63) is 58.7 Å². The Labute approximate surface area is 177 Å². The molecule has 0 bridgehead atoms. The van der Waals surface area contributed by atoms with Crippen LogP contribution < -0.4 is 9.47 Å². The molecular formula is C23H31ClO5. The Kier molecular flexibility index (Phi) is 8.34. The lowest BCUT2D eigenvalue weighted by Crippen LogP contribution is -2.22. The highest BCUT2D eigenvalue weighted by Crippen LogP contribution is 2.36. The molecule has 2 aromatic rings. The van der Waals surface area contributed by atoms with E-state index in [0.29, 0.717) is 5.75 Å². The van der Waals surface area contributed by atoms with Crippen LogP contribution in [0.1, 0.15) is 36.1 Å². The standard InChI is InChI=1S/C23H31ClO5/c1-15-9-17(5-7-21(15)28-13-19(26)11-24)23(3,4)18-6-8-22(16(2)10-18)29-14-20(27)12-25/h5-10,19-20,25-27H,11-14H2,1-4H3/t19-,20-/m1/s1. The molecule has 0 saturated carbocycles. The van der Waals surface area contributed by atoms with Gasteiger partial charge in [-0.25, -0.2) is 0 Å². The molecule has 2 aromatic carbocycles. The number of hydrogen-bond acceptors (Lipinski definition) is 5. The molecule has 0 spiro atoms. The van der Waals surface area contributed by atoms with Gasteiger partial charge < -0.3 is 24.8 Å². The Morgan fingerprint density at radius 2 is 1.31 bits per heavy atom. The van der Waals surface area contributed by atoms with Gasteiger partial charge in [-0.1, -0.05) is 38.1 Å². The van der Waals surface area contributed by atoms with Gasteiger partial charge >= 0.3 is 0 Å². The number of aliphatic hydroxyl groups excluding tert-OH is 3. The predicted molar refractivity (Wildman–Crippen MR) is 115 cm³/mol. The Morgan fingerprint density at radius 3 is 1.69 bits per heavy atom. The Hall–Kier alpha value is -1.79. The first-order valence-electron chi connectivity index (χ1n) is 9.69. The van der Waals surface area contributed by atoms with E-state index in [0.717, 1.165) is 28.0 Å². The van der Waals surface area contributed by atoms with Gasteiger partial charge in [0, 0.05) is 5.41 Å². The second-order valence-corrected chi connectivity index (χ2v) is 8.16. The molecule has 3 N–H and O–H groups in total. The summed E-state index contributed by atoms with van der Waals surface area (Å²) in [6, 6.07) is 12.1. The van der Waals surface area contributed by atoms with E-state index in [2.05, 4.69) is 26.0 Å². The molecular weight excluding hydrogens is 392 g/mol. The molecule has 6 heteroatoms. The van der Waals surface area contributed by atoms with Crippen molar-refractivity contribution in [2.45, 2.75) is 45.3 Å². The third-order valence-electron chi connectivity index (χ3n) is 5.04. The summed E-state index contributed by atoms with van der Waals surface area (Å²) in [7, 11) is 0. The summed E-state index contributed by atoms with van der Waals surface area (Å²) >= 11 is 5.61. The zero-order valence-electron chi connectivity index (χ0n) is 17.5. The average Bonchev–Trinajstić information content (AvgIpc) is 2.71. The van der Waals surface area contributed by atoms with Crippen LogP contribution in [0.5, 0.6) is 11.5 Å². The zero-order valence-corrected chi connectivity index (χ0v) is 18.2. The topological polar surface area (TPSA) is 79.2 Å². The molecule has 0 fully saturated rings. The molecule has 0 unspecified atom stereocenters. The second kappa shape index (κ2) is 10.3. The average molecular weight is 423 g/mol. The Balaban J connectivity index is 2.19. The summed E-state index contributed by atoms with van der Waals surface area (Å²) in [5.74, 6) is 1.56. The van der Waals surface area contributed by atoms with Crippen molar-refractivity contribution in [1.29, 1.82) is 0 Å². The molecule has 0 aliphatic carbocycles. The first-order valence-corrected chi connectivity index (χ1v) is 10.2. The monoisotopic (exact) mass is 422 g/mol. The summed E-state index contributed by atoms with van der Waals surface area (Å²) in [5.41, 5.74) is 3.99. The number of halogens is 1. The van der Waals surface area contributed by atoms with Crippen LogP contribution in [0, 0.1) is 13.8 Å². The van der Waals surface area contributed by atoms with Crippen molar-refractivity contribution >= 4 is 11.6 Å². The Bertz CT molecular complexity index is 740. The number of aryl methyl sites for hydroxylation is 2. The number of rotatable bonds is 10. The zero-order chi connectivity index (χ0) is 21.6. The second-order valence-electron chi connectivity index (χ2n) is 7.85. The number of aliphatic hydroxyl groups is 3. The third kappa shape index (κ3) is 6.09. The number of hydrogen-bond donors (Lipinski definition) is 3. The number of ether oxygens (including phenoxy) is 2. The molecule has 0 heterocycles. The maximum absolute atomic E-state index is 9.58. The van der Waals surface area contributed by atoms with Crippen molar-refractivity contribution in [1.82, 2.24) is 0 Å². The minimum atomic E-state index is -0.889. The van der Waals surface area contributed by atoms with E-state index in [1.54, 1.807) is 0 Å². The lowest BCUT2D eigenvalue weighted by Gasteiger charge is -2.28. The fraction of sp³-hybridized carbons (Fsp3) is 0.478. The van der Waals surface area contributed by atoms with Crippen LogP contribution in [0.25, 0.3) is 0 Å². The molecule has 0 radical (unpaired) electrons. The highest BCUT2D eigenvalue weighted by atomic mass is 35.5. The molecule has 0 saturated heterocycles. The van der Waals surface area contributed by atoms with E-state index in [-0.39, 0.29) is 31.1 Å². The van der Waals surface area contributed by atoms with Gasteiger partial charge in [-0.3, -0.25) is 0 Å². The maximum Gasteiger partial charge on any atom is 0.122 e. The molecule has 0 aromatic heterocycles. The van der Waals surface area contributed by atoms with Crippen molar-refractivity contribution < 1.29 is 24.8 Å². The number of benzene rings is 2. The SMILES string of the molecule is Cc1cc(C(C)(C)c2ccc(OC[C@H](O)CCl)c(C)c2)ccc1OC[C@H](O)CO. The van der Waals surface area contributed by atoms with E-state index < -0.39 is 12.2 Å². The molecule has 2 rings (SSSR count). The van der Waals surface area contributed by atoms with Crippen molar-refractivity contribution in [2.24, 2.45) is 0 Å². The van der Waals surface area contributed by atoms with Gasteiger partial charge in [0.15, 0.2) is 0 Å². The predicted octanol–water partition coefficient (Wildman–Crippen LogP) is 3.34. The summed E-state index contributed by atoms with van der Waals surface area (Å²) in [4.78, 5) is 0. The highest BCUT2D eigenvalue weighted by molar-refractivity contribution is 6.18. The lowest BCUT2D eigenvalue weighted by atomic mass is 9.77. The lowest BCUT2D eigenvalue weighted by molar-refractivity contribution is 0.0534. The fourth-order valence-electron chi connectivity index (χ4n) is 3.04. The first kappa shape index (κ1) is 23.5. The van der Waals surface area contributed by atoms with Gasteiger partial charge in [0.1, 0.15) is 36.9 Å². The van der Waals surface area contributed by atoms with Gasteiger partial charge in [0.2, 0.25) is 0 Å². The molecule has 0 aliphatic heterocycles. The minimum absolute atomic E-state index is 0.0547. The summed E-state index contributed by atoms with van der Waals surface area (Å²) < 4.78 is 11.3. The van der Waals surface area contributed by atoms with Crippen molar-refractivity contribution in [3.8, 4) is 11.5 Å². The van der Waals surface area contributed by atoms with E-state index in [4.69, 9.17) is 26.2 Å². The van der Waals surface area contributed by atoms with Crippen molar-refractivity contribution in [2.75, 3.05) is 25.7 Å².